The Hall–Kier alpha value is -3.31. The number of ether oxygens (including phenoxy) is 1. The zero-order valence-electron chi connectivity index (χ0n) is 16.7. The summed E-state index contributed by atoms with van der Waals surface area (Å²) in [6.45, 7) is 0.465. The third kappa shape index (κ3) is 3.77. The van der Waals surface area contributed by atoms with Crippen LogP contribution in [-0.4, -0.2) is 4.92 Å². The molecule has 0 bridgehead atoms. The Morgan fingerprint density at radius 2 is 1.84 bits per heavy atom. The zero-order valence-corrected chi connectivity index (χ0v) is 17.5. The third-order valence-corrected chi connectivity index (χ3v) is 6.38. The predicted molar refractivity (Wildman–Crippen MR) is 122 cm³/mol. The average Bonchev–Trinajstić information content (AvgIpc) is 3.28. The quantitative estimate of drug-likeness (QED) is 0.278. The van der Waals surface area contributed by atoms with E-state index in [-0.39, 0.29) is 22.6 Å². The SMILES string of the molecule is O=[N+]([O-])c1cccc2c1N[C@H](c1ccc(OCc3ccc(Cl)cc3)cc1)[C@H]1CC=C[C@@H]21. The summed E-state index contributed by atoms with van der Waals surface area (Å²) < 4.78 is 5.90. The van der Waals surface area contributed by atoms with Gasteiger partial charge >= 0.3 is 0 Å². The largest absolute Gasteiger partial charge is 0.489 e. The highest BCUT2D eigenvalue weighted by molar-refractivity contribution is 6.30. The minimum atomic E-state index is -0.310. The molecule has 0 unspecified atom stereocenters. The van der Waals surface area contributed by atoms with Crippen molar-refractivity contribution < 1.29 is 9.66 Å². The maximum atomic E-state index is 11.6. The number of allylic oxidation sites excluding steroid dienone is 2. The second-order valence-electron chi connectivity index (χ2n) is 7.96. The molecule has 3 aromatic rings. The fourth-order valence-electron chi connectivity index (χ4n) is 4.61. The van der Waals surface area contributed by atoms with E-state index in [9.17, 15) is 10.1 Å². The molecule has 1 heterocycles. The molecule has 0 saturated carbocycles. The molecule has 1 aliphatic carbocycles. The molecule has 2 aliphatic rings. The molecule has 31 heavy (non-hydrogen) atoms. The summed E-state index contributed by atoms with van der Waals surface area (Å²) >= 11 is 5.93. The number of hydrogen-bond acceptors (Lipinski definition) is 4. The molecular weight excluding hydrogens is 412 g/mol. The van der Waals surface area contributed by atoms with E-state index >= 15 is 0 Å². The number of nitrogens with one attached hydrogen (secondary N) is 1. The van der Waals surface area contributed by atoms with Crippen LogP contribution in [0.25, 0.3) is 0 Å². The van der Waals surface area contributed by atoms with Crippen LogP contribution in [-0.2, 0) is 6.61 Å². The lowest BCUT2D eigenvalue weighted by molar-refractivity contribution is -0.384. The first kappa shape index (κ1) is 19.6. The summed E-state index contributed by atoms with van der Waals surface area (Å²) in [5.74, 6) is 1.29. The molecule has 0 radical (unpaired) electrons. The molecule has 5 rings (SSSR count). The minimum absolute atomic E-state index is 0.00100. The minimum Gasteiger partial charge on any atom is -0.489 e. The van der Waals surface area contributed by atoms with Crippen molar-refractivity contribution >= 4 is 23.0 Å². The molecule has 1 aliphatic heterocycles. The fourth-order valence-corrected chi connectivity index (χ4v) is 4.73. The van der Waals surface area contributed by atoms with Crippen LogP contribution in [0.15, 0.2) is 78.9 Å². The van der Waals surface area contributed by atoms with Gasteiger partial charge in [-0.1, -0.05) is 60.2 Å². The Balaban J connectivity index is 1.37. The van der Waals surface area contributed by atoms with Gasteiger partial charge in [0.15, 0.2) is 0 Å². The maximum absolute atomic E-state index is 11.6. The van der Waals surface area contributed by atoms with E-state index in [0.29, 0.717) is 23.2 Å². The number of nitro groups is 1. The Bertz CT molecular complexity index is 1140. The van der Waals surface area contributed by atoms with Crippen molar-refractivity contribution in [2.24, 2.45) is 5.92 Å². The number of nitrogens with zero attached hydrogens (tertiary/aromatic N) is 1. The van der Waals surface area contributed by atoms with E-state index in [1.807, 2.05) is 54.6 Å². The van der Waals surface area contributed by atoms with Gasteiger partial charge in [-0.05, 0) is 53.3 Å². The average molecular weight is 433 g/mol. The highest BCUT2D eigenvalue weighted by atomic mass is 35.5. The second-order valence-corrected chi connectivity index (χ2v) is 8.39. The molecule has 5 nitrogen and oxygen atoms in total. The van der Waals surface area contributed by atoms with Gasteiger partial charge in [0.2, 0.25) is 0 Å². The summed E-state index contributed by atoms with van der Waals surface area (Å²) in [7, 11) is 0. The van der Waals surface area contributed by atoms with Crippen LogP contribution in [0.3, 0.4) is 0 Å². The van der Waals surface area contributed by atoms with Gasteiger partial charge < -0.3 is 10.1 Å². The Labute approximate surface area is 185 Å². The monoisotopic (exact) mass is 432 g/mol. The van der Waals surface area contributed by atoms with Crippen molar-refractivity contribution in [3.05, 3.63) is 111 Å². The molecule has 1 N–H and O–H groups in total. The Morgan fingerprint density at radius 3 is 2.58 bits per heavy atom. The lowest BCUT2D eigenvalue weighted by atomic mass is 9.77. The topological polar surface area (TPSA) is 64.4 Å². The first-order chi connectivity index (χ1) is 15.1. The number of para-hydroxylation sites is 1. The smallest absolute Gasteiger partial charge is 0.292 e. The normalized spacial score (nSPS) is 21.1. The van der Waals surface area contributed by atoms with Crippen molar-refractivity contribution in [1.29, 1.82) is 0 Å². The lowest BCUT2D eigenvalue weighted by Crippen LogP contribution is -2.29. The molecule has 0 spiro atoms. The van der Waals surface area contributed by atoms with Crippen LogP contribution in [0.4, 0.5) is 11.4 Å². The second kappa shape index (κ2) is 8.08. The van der Waals surface area contributed by atoms with Gasteiger partial charge in [-0.15, -0.1) is 0 Å². The Kier molecular flexibility index (Phi) is 5.12. The van der Waals surface area contributed by atoms with E-state index in [0.717, 1.165) is 28.9 Å². The molecule has 6 heteroatoms. The summed E-state index contributed by atoms with van der Waals surface area (Å²) in [6, 6.07) is 20.9. The van der Waals surface area contributed by atoms with E-state index in [4.69, 9.17) is 16.3 Å². The van der Waals surface area contributed by atoms with Crippen molar-refractivity contribution in [3.63, 3.8) is 0 Å². The fraction of sp³-hybridized carbons (Fsp3) is 0.200. The number of benzene rings is 3. The third-order valence-electron chi connectivity index (χ3n) is 6.13. The summed E-state index contributed by atoms with van der Waals surface area (Å²) in [4.78, 5) is 11.3. The van der Waals surface area contributed by atoms with E-state index in [2.05, 4.69) is 17.5 Å². The van der Waals surface area contributed by atoms with Gasteiger partial charge in [0.05, 0.1) is 11.0 Å². The number of fused-ring (bicyclic) bond motifs is 3. The van der Waals surface area contributed by atoms with Crippen molar-refractivity contribution in [2.75, 3.05) is 5.32 Å². The number of anilines is 1. The Morgan fingerprint density at radius 1 is 1.06 bits per heavy atom. The predicted octanol–water partition coefficient (Wildman–Crippen LogP) is 6.65. The number of halogens is 1. The summed E-state index contributed by atoms with van der Waals surface area (Å²) in [5, 5.41) is 15.8. The first-order valence-corrected chi connectivity index (χ1v) is 10.7. The molecule has 0 saturated heterocycles. The molecule has 0 fully saturated rings. The van der Waals surface area contributed by atoms with Crippen LogP contribution < -0.4 is 10.1 Å². The van der Waals surface area contributed by atoms with E-state index in [1.54, 1.807) is 12.1 Å². The van der Waals surface area contributed by atoms with Crippen molar-refractivity contribution in [3.8, 4) is 5.75 Å². The lowest BCUT2D eigenvalue weighted by Gasteiger charge is -2.37. The van der Waals surface area contributed by atoms with Crippen molar-refractivity contribution in [2.45, 2.75) is 25.0 Å². The van der Waals surface area contributed by atoms with Gasteiger partial charge in [0.25, 0.3) is 5.69 Å². The standard InChI is InChI=1S/C25H21ClN2O3/c26-18-11-7-16(8-12-18)15-31-19-13-9-17(10-14-19)24-21-4-1-3-20(21)22-5-2-6-23(28(29)30)25(22)27-24/h1-3,5-14,20-21,24,27H,4,15H2/t20-,21+,24-/m1/s1. The van der Waals surface area contributed by atoms with E-state index < -0.39 is 0 Å². The van der Waals surface area contributed by atoms with Crippen LogP contribution in [0.1, 0.15) is 35.1 Å². The number of rotatable bonds is 5. The number of hydrogen-bond donors (Lipinski definition) is 1. The number of nitro benzene ring substituents is 1. The molecular formula is C25H21ClN2O3. The van der Waals surface area contributed by atoms with Crippen LogP contribution in [0, 0.1) is 16.0 Å². The van der Waals surface area contributed by atoms with Crippen LogP contribution in [0.5, 0.6) is 5.75 Å². The highest BCUT2D eigenvalue weighted by Crippen LogP contribution is 2.52. The van der Waals surface area contributed by atoms with Gasteiger partial charge in [-0.25, -0.2) is 0 Å². The van der Waals surface area contributed by atoms with Crippen molar-refractivity contribution in [1.82, 2.24) is 0 Å². The van der Waals surface area contributed by atoms with Crippen LogP contribution in [0.2, 0.25) is 5.02 Å². The maximum Gasteiger partial charge on any atom is 0.292 e. The zero-order chi connectivity index (χ0) is 21.4. The molecule has 0 amide bonds. The highest BCUT2D eigenvalue weighted by Gasteiger charge is 2.40. The van der Waals surface area contributed by atoms with E-state index in [1.165, 1.54) is 0 Å². The summed E-state index contributed by atoms with van der Waals surface area (Å²) in [5.41, 5.74) is 3.91. The summed E-state index contributed by atoms with van der Waals surface area (Å²) in [6.07, 6.45) is 5.31. The molecule has 0 aromatic heterocycles. The van der Waals surface area contributed by atoms with Gasteiger partial charge in [0, 0.05) is 17.0 Å². The first-order valence-electron chi connectivity index (χ1n) is 10.3. The van der Waals surface area contributed by atoms with Gasteiger partial charge in [-0.2, -0.15) is 0 Å². The molecule has 3 atom stereocenters. The van der Waals surface area contributed by atoms with Gasteiger partial charge in [-0.3, -0.25) is 10.1 Å². The molecule has 156 valence electrons. The van der Waals surface area contributed by atoms with Crippen LogP contribution >= 0.6 is 11.6 Å². The van der Waals surface area contributed by atoms with Gasteiger partial charge in [0.1, 0.15) is 18.0 Å². The molecule has 3 aromatic carbocycles.